The lowest BCUT2D eigenvalue weighted by molar-refractivity contribution is -0.137. The third-order valence-corrected chi connectivity index (χ3v) is 4.83. The highest BCUT2D eigenvalue weighted by molar-refractivity contribution is 7.16. The van der Waals surface area contributed by atoms with Crippen LogP contribution in [0, 0.1) is 6.92 Å². The average Bonchev–Trinajstić information content (AvgIpc) is 2.91. The van der Waals surface area contributed by atoms with Crippen LogP contribution in [0.5, 0.6) is 0 Å². The second-order valence-electron chi connectivity index (χ2n) is 5.75. The molecule has 0 saturated heterocycles. The fraction of sp³-hybridized carbons (Fsp3) is 0.158. The number of aryl methyl sites for hydroxylation is 1. The lowest BCUT2D eigenvalue weighted by Crippen LogP contribution is -2.16. The third-order valence-electron chi connectivity index (χ3n) is 3.78. The molecule has 0 saturated carbocycles. The number of carbonyl (C=O) groups is 1. The Labute approximate surface area is 151 Å². The molecule has 0 fully saturated rings. The Morgan fingerprint density at radius 3 is 2.73 bits per heavy atom. The van der Waals surface area contributed by atoms with Crippen molar-refractivity contribution >= 4 is 27.5 Å². The minimum absolute atomic E-state index is 0.0985. The van der Waals surface area contributed by atoms with Crippen LogP contribution in [0.3, 0.4) is 0 Å². The smallest absolute Gasteiger partial charge is 0.312 e. The summed E-state index contributed by atoms with van der Waals surface area (Å²) in [7, 11) is 0. The molecule has 0 aliphatic rings. The molecule has 0 aliphatic carbocycles. The maximum absolute atomic E-state index is 12.8. The number of allylic oxidation sites excluding steroid dienone is 1. The SMILES string of the molecule is C=CCn1c(=NC(=O)c2cccc(C(F)(F)F)c2)sc2cc(C)ccc21. The van der Waals surface area contributed by atoms with Crippen molar-refractivity contribution in [3.8, 4) is 0 Å². The Bertz CT molecular complexity index is 1060. The molecule has 3 rings (SSSR count). The lowest BCUT2D eigenvalue weighted by atomic mass is 10.1. The minimum atomic E-state index is -4.51. The van der Waals surface area contributed by atoms with E-state index in [-0.39, 0.29) is 5.56 Å². The number of amides is 1. The fourth-order valence-corrected chi connectivity index (χ4v) is 3.69. The van der Waals surface area contributed by atoms with Crippen molar-refractivity contribution < 1.29 is 18.0 Å². The van der Waals surface area contributed by atoms with Gasteiger partial charge in [-0.15, -0.1) is 6.58 Å². The van der Waals surface area contributed by atoms with Gasteiger partial charge in [0.25, 0.3) is 5.91 Å². The summed E-state index contributed by atoms with van der Waals surface area (Å²) in [6.45, 7) is 6.11. The molecule has 2 aromatic carbocycles. The van der Waals surface area contributed by atoms with E-state index in [1.807, 2.05) is 29.7 Å². The number of hydrogen-bond donors (Lipinski definition) is 0. The van der Waals surface area contributed by atoms with Crippen molar-refractivity contribution in [2.75, 3.05) is 0 Å². The Balaban J connectivity index is 2.11. The third kappa shape index (κ3) is 3.62. The highest BCUT2D eigenvalue weighted by Crippen LogP contribution is 2.29. The minimum Gasteiger partial charge on any atom is -0.312 e. The van der Waals surface area contributed by atoms with Crippen LogP contribution in [0.4, 0.5) is 13.2 Å². The van der Waals surface area contributed by atoms with Crippen molar-refractivity contribution in [3.05, 3.63) is 76.6 Å². The molecule has 3 aromatic rings. The number of alkyl halides is 3. The first-order chi connectivity index (χ1) is 12.3. The predicted molar refractivity (Wildman–Crippen MR) is 96.1 cm³/mol. The van der Waals surface area contributed by atoms with Gasteiger partial charge >= 0.3 is 6.18 Å². The van der Waals surface area contributed by atoms with E-state index in [0.29, 0.717) is 11.3 Å². The molecule has 1 amide bonds. The van der Waals surface area contributed by atoms with E-state index in [4.69, 9.17) is 0 Å². The standard InChI is InChI=1S/C19H15F3N2OS/c1-3-9-24-15-8-7-12(2)10-16(15)26-18(24)23-17(25)13-5-4-6-14(11-13)19(20,21)22/h3-8,10-11H,1,9H2,2H3. The number of hydrogen-bond acceptors (Lipinski definition) is 2. The molecule has 0 atom stereocenters. The summed E-state index contributed by atoms with van der Waals surface area (Å²) >= 11 is 1.32. The summed E-state index contributed by atoms with van der Waals surface area (Å²) < 4.78 is 41.3. The average molecular weight is 376 g/mol. The van der Waals surface area contributed by atoms with Crippen molar-refractivity contribution in [3.63, 3.8) is 0 Å². The van der Waals surface area contributed by atoms with Crippen LogP contribution in [-0.2, 0) is 12.7 Å². The Hall–Kier alpha value is -2.67. The number of fused-ring (bicyclic) bond motifs is 1. The van der Waals surface area contributed by atoms with Gasteiger partial charge in [0.1, 0.15) is 0 Å². The Morgan fingerprint density at radius 2 is 2.04 bits per heavy atom. The van der Waals surface area contributed by atoms with Gasteiger partial charge in [-0.1, -0.05) is 29.5 Å². The summed E-state index contributed by atoms with van der Waals surface area (Å²) in [6.07, 6.45) is -2.83. The summed E-state index contributed by atoms with van der Waals surface area (Å²) in [5.41, 5.74) is 0.999. The largest absolute Gasteiger partial charge is 0.416 e. The normalized spacial score (nSPS) is 12.5. The first-order valence-corrected chi connectivity index (χ1v) is 8.58. The van der Waals surface area contributed by atoms with Gasteiger partial charge in [0.2, 0.25) is 0 Å². The molecule has 0 aliphatic heterocycles. The summed E-state index contributed by atoms with van der Waals surface area (Å²) in [4.78, 5) is 16.9. The van der Waals surface area contributed by atoms with Gasteiger partial charge in [-0.3, -0.25) is 4.79 Å². The molecule has 1 heterocycles. The van der Waals surface area contributed by atoms with Crippen LogP contribution < -0.4 is 4.80 Å². The van der Waals surface area contributed by atoms with Gasteiger partial charge in [0, 0.05) is 12.1 Å². The molecule has 1 aromatic heterocycles. The molecule has 3 nitrogen and oxygen atoms in total. The van der Waals surface area contributed by atoms with Crippen molar-refractivity contribution in [1.82, 2.24) is 4.57 Å². The van der Waals surface area contributed by atoms with Crippen LogP contribution >= 0.6 is 11.3 Å². The van der Waals surface area contributed by atoms with Gasteiger partial charge in [0.05, 0.1) is 15.8 Å². The van der Waals surface area contributed by atoms with E-state index in [1.165, 1.54) is 23.5 Å². The van der Waals surface area contributed by atoms with Crippen LogP contribution in [-0.4, -0.2) is 10.5 Å². The number of rotatable bonds is 3. The molecule has 0 spiro atoms. The van der Waals surface area contributed by atoms with Crippen LogP contribution in [0.2, 0.25) is 0 Å². The number of carbonyl (C=O) groups excluding carboxylic acids is 1. The second-order valence-corrected chi connectivity index (χ2v) is 6.76. The predicted octanol–water partition coefficient (Wildman–Crippen LogP) is 4.96. The molecule has 134 valence electrons. The first-order valence-electron chi connectivity index (χ1n) is 7.77. The monoisotopic (exact) mass is 376 g/mol. The van der Waals surface area contributed by atoms with E-state index >= 15 is 0 Å². The maximum atomic E-state index is 12.8. The zero-order chi connectivity index (χ0) is 18.9. The van der Waals surface area contributed by atoms with Crippen molar-refractivity contribution in [1.29, 1.82) is 0 Å². The molecule has 26 heavy (non-hydrogen) atoms. The van der Waals surface area contributed by atoms with E-state index in [9.17, 15) is 18.0 Å². The molecule has 0 unspecified atom stereocenters. The van der Waals surface area contributed by atoms with Gasteiger partial charge in [0.15, 0.2) is 4.80 Å². The van der Waals surface area contributed by atoms with E-state index in [2.05, 4.69) is 11.6 Å². The van der Waals surface area contributed by atoms with Crippen molar-refractivity contribution in [2.24, 2.45) is 4.99 Å². The number of aromatic nitrogens is 1. The first kappa shape index (κ1) is 18.1. The molecular formula is C19H15F3N2OS. The zero-order valence-corrected chi connectivity index (χ0v) is 14.7. The molecule has 0 bridgehead atoms. The summed E-state index contributed by atoms with van der Waals surface area (Å²) in [5.74, 6) is -0.711. The second kappa shape index (κ2) is 6.92. The number of thiazole rings is 1. The highest BCUT2D eigenvalue weighted by atomic mass is 32.1. The van der Waals surface area contributed by atoms with Crippen molar-refractivity contribution in [2.45, 2.75) is 19.6 Å². The number of nitrogens with zero attached hydrogens (tertiary/aromatic N) is 2. The molecule has 7 heteroatoms. The molecule has 0 N–H and O–H groups in total. The van der Waals surface area contributed by atoms with Gasteiger partial charge in [-0.25, -0.2) is 0 Å². The maximum Gasteiger partial charge on any atom is 0.416 e. The Morgan fingerprint density at radius 1 is 1.27 bits per heavy atom. The topological polar surface area (TPSA) is 34.4 Å². The van der Waals surface area contributed by atoms with Crippen LogP contribution in [0.25, 0.3) is 10.2 Å². The number of halogens is 3. The number of benzene rings is 2. The van der Waals surface area contributed by atoms with Gasteiger partial charge in [-0.05, 0) is 42.8 Å². The van der Waals surface area contributed by atoms with E-state index < -0.39 is 17.6 Å². The highest BCUT2D eigenvalue weighted by Gasteiger charge is 2.30. The van der Waals surface area contributed by atoms with Crippen LogP contribution in [0.1, 0.15) is 21.5 Å². The Kier molecular flexibility index (Phi) is 4.82. The van der Waals surface area contributed by atoms with E-state index in [1.54, 1.807) is 6.08 Å². The quantitative estimate of drug-likeness (QED) is 0.595. The van der Waals surface area contributed by atoms with Crippen LogP contribution in [0.15, 0.2) is 60.1 Å². The molecule has 0 radical (unpaired) electrons. The summed E-state index contributed by atoms with van der Waals surface area (Å²) in [6, 6.07) is 10.1. The van der Waals surface area contributed by atoms with Gasteiger partial charge < -0.3 is 4.57 Å². The van der Waals surface area contributed by atoms with Gasteiger partial charge in [-0.2, -0.15) is 18.2 Å². The summed E-state index contributed by atoms with van der Waals surface area (Å²) in [5, 5.41) is 0. The molecular weight excluding hydrogens is 361 g/mol. The fourth-order valence-electron chi connectivity index (χ4n) is 2.55. The lowest BCUT2D eigenvalue weighted by Gasteiger charge is -2.06. The zero-order valence-electron chi connectivity index (χ0n) is 13.9. The van der Waals surface area contributed by atoms with E-state index in [0.717, 1.165) is 27.9 Å².